The molecule has 0 N–H and O–H groups in total. The third kappa shape index (κ3) is 3.54. The average Bonchev–Trinajstić information content (AvgIpc) is 3.17. The highest BCUT2D eigenvalue weighted by Crippen LogP contribution is 2.29. The fraction of sp³-hybridized carbons (Fsp3) is 0.450. The molecule has 1 amide bonds. The van der Waals surface area contributed by atoms with E-state index in [0.717, 1.165) is 23.6 Å². The van der Waals surface area contributed by atoms with Gasteiger partial charge < -0.3 is 14.4 Å². The van der Waals surface area contributed by atoms with Crippen LogP contribution >= 0.6 is 0 Å². The summed E-state index contributed by atoms with van der Waals surface area (Å²) in [5.74, 6) is 1.55. The number of fused-ring (bicyclic) bond motifs is 1. The summed E-state index contributed by atoms with van der Waals surface area (Å²) in [5, 5.41) is 0. The molecule has 1 aromatic heterocycles. The number of carbonyl (C=O) groups excluding carboxylic acids is 1. The second-order valence-corrected chi connectivity index (χ2v) is 7.14. The van der Waals surface area contributed by atoms with Crippen LogP contribution in [-0.2, 0) is 11.2 Å². The fourth-order valence-corrected chi connectivity index (χ4v) is 3.82. The number of anilines is 1. The van der Waals surface area contributed by atoms with Gasteiger partial charge in [-0.1, -0.05) is 12.1 Å². The summed E-state index contributed by atoms with van der Waals surface area (Å²) >= 11 is 0. The lowest BCUT2D eigenvalue weighted by Gasteiger charge is -2.22. The molecule has 0 aliphatic carbocycles. The van der Waals surface area contributed by atoms with Crippen LogP contribution in [0, 0.1) is 13.8 Å². The normalized spacial score (nSPS) is 21.4. The molecule has 7 nitrogen and oxygen atoms in total. The number of rotatable bonds is 5. The lowest BCUT2D eigenvalue weighted by molar-refractivity contribution is 0.136. The van der Waals surface area contributed by atoms with E-state index in [-0.39, 0.29) is 18.2 Å². The minimum atomic E-state index is -0.223. The number of aryl methyl sites for hydroxylation is 2. The zero-order valence-electron chi connectivity index (χ0n) is 15.9. The molecule has 4 rings (SSSR count). The van der Waals surface area contributed by atoms with Gasteiger partial charge in [0.05, 0.1) is 19.7 Å². The van der Waals surface area contributed by atoms with Crippen molar-refractivity contribution in [2.75, 3.05) is 31.6 Å². The minimum absolute atomic E-state index is 0.0418. The Bertz CT molecular complexity index is 819. The third-order valence-electron chi connectivity index (χ3n) is 5.18. The van der Waals surface area contributed by atoms with Gasteiger partial charge in [0.2, 0.25) is 5.95 Å². The second kappa shape index (κ2) is 7.06. The molecule has 0 spiro atoms. The Hall–Kier alpha value is -2.83. The van der Waals surface area contributed by atoms with Gasteiger partial charge in [-0.2, -0.15) is 0 Å². The van der Waals surface area contributed by atoms with Gasteiger partial charge in [0.25, 0.3) is 0 Å². The van der Waals surface area contributed by atoms with E-state index in [1.165, 1.54) is 5.56 Å². The van der Waals surface area contributed by atoms with Crippen molar-refractivity contribution in [1.29, 1.82) is 0 Å². The fourth-order valence-electron chi connectivity index (χ4n) is 3.82. The van der Waals surface area contributed by atoms with E-state index < -0.39 is 0 Å². The summed E-state index contributed by atoms with van der Waals surface area (Å²) in [6.45, 7) is 5.90. The summed E-state index contributed by atoms with van der Waals surface area (Å²) in [4.78, 5) is 25.3. The lowest BCUT2D eigenvalue weighted by Crippen LogP contribution is -2.39. The van der Waals surface area contributed by atoms with Crippen LogP contribution in [0.15, 0.2) is 30.3 Å². The maximum absolute atomic E-state index is 12.3. The van der Waals surface area contributed by atoms with Gasteiger partial charge in [-0.3, -0.25) is 4.90 Å². The number of nitrogens with zero attached hydrogens (tertiary/aromatic N) is 4. The zero-order valence-corrected chi connectivity index (χ0v) is 15.9. The predicted octanol–water partition coefficient (Wildman–Crippen LogP) is 2.35. The van der Waals surface area contributed by atoms with E-state index in [9.17, 15) is 4.79 Å². The van der Waals surface area contributed by atoms with Crippen molar-refractivity contribution < 1.29 is 14.3 Å². The second-order valence-electron chi connectivity index (χ2n) is 7.14. The molecule has 2 saturated heterocycles. The van der Waals surface area contributed by atoms with E-state index in [1.54, 1.807) is 7.11 Å². The molecule has 0 bridgehead atoms. The number of benzene rings is 1. The van der Waals surface area contributed by atoms with Crippen molar-refractivity contribution in [2.45, 2.75) is 32.4 Å². The highest BCUT2D eigenvalue weighted by atomic mass is 16.6. The molecule has 2 aliphatic rings. The van der Waals surface area contributed by atoms with Crippen LogP contribution in [0.2, 0.25) is 0 Å². The van der Waals surface area contributed by atoms with Crippen LogP contribution in [0.4, 0.5) is 10.7 Å². The van der Waals surface area contributed by atoms with E-state index >= 15 is 0 Å². The summed E-state index contributed by atoms with van der Waals surface area (Å²) in [6, 6.07) is 9.94. The topological polar surface area (TPSA) is 67.8 Å². The standard InChI is InChI=1S/C20H24N4O3/c1-13-10-14(2)22-19(21-13)23-11-17-18(12-23)27-20(25)24(17)9-8-15-4-6-16(26-3)7-5-15/h4-7,10,17-18H,8-9,11-12H2,1-3H3/t17-,18+/m0/s1. The molecule has 2 fully saturated rings. The molecule has 1 aromatic carbocycles. The van der Waals surface area contributed by atoms with Crippen molar-refractivity contribution >= 4 is 12.0 Å². The molecule has 142 valence electrons. The number of methoxy groups -OCH3 is 1. The number of aromatic nitrogens is 2. The molecular formula is C20H24N4O3. The summed E-state index contributed by atoms with van der Waals surface area (Å²) in [5.41, 5.74) is 3.06. The maximum Gasteiger partial charge on any atom is 0.410 e. The van der Waals surface area contributed by atoms with E-state index in [2.05, 4.69) is 14.9 Å². The molecule has 7 heteroatoms. The lowest BCUT2D eigenvalue weighted by atomic mass is 10.1. The summed E-state index contributed by atoms with van der Waals surface area (Å²) in [6.07, 6.45) is 0.430. The molecule has 0 unspecified atom stereocenters. The monoisotopic (exact) mass is 368 g/mol. The van der Waals surface area contributed by atoms with E-state index in [4.69, 9.17) is 9.47 Å². The third-order valence-corrected chi connectivity index (χ3v) is 5.18. The Morgan fingerprint density at radius 3 is 2.52 bits per heavy atom. The average molecular weight is 368 g/mol. The summed E-state index contributed by atoms with van der Waals surface area (Å²) < 4.78 is 10.8. The van der Waals surface area contributed by atoms with Crippen LogP contribution in [0.1, 0.15) is 17.0 Å². The van der Waals surface area contributed by atoms with Gasteiger partial charge in [0, 0.05) is 24.5 Å². The van der Waals surface area contributed by atoms with E-state index in [0.29, 0.717) is 25.6 Å². The van der Waals surface area contributed by atoms with Crippen molar-refractivity contribution in [2.24, 2.45) is 0 Å². The molecule has 2 aromatic rings. The molecule has 0 radical (unpaired) electrons. The number of hydrogen-bond acceptors (Lipinski definition) is 6. The van der Waals surface area contributed by atoms with Gasteiger partial charge >= 0.3 is 6.09 Å². The number of ether oxygens (including phenoxy) is 2. The van der Waals surface area contributed by atoms with Crippen LogP contribution in [-0.4, -0.2) is 59.9 Å². The first-order valence-corrected chi connectivity index (χ1v) is 9.21. The first kappa shape index (κ1) is 17.6. The zero-order chi connectivity index (χ0) is 19.0. The largest absolute Gasteiger partial charge is 0.497 e. The molecule has 27 heavy (non-hydrogen) atoms. The Morgan fingerprint density at radius 1 is 1.15 bits per heavy atom. The highest BCUT2D eigenvalue weighted by Gasteiger charge is 2.48. The van der Waals surface area contributed by atoms with Gasteiger partial charge in [0.1, 0.15) is 11.9 Å². The number of hydrogen-bond donors (Lipinski definition) is 0. The molecule has 2 atom stereocenters. The Balaban J connectivity index is 1.43. The van der Waals surface area contributed by atoms with Gasteiger partial charge in [0.15, 0.2) is 0 Å². The Kier molecular flexibility index (Phi) is 4.59. The first-order valence-electron chi connectivity index (χ1n) is 9.21. The van der Waals surface area contributed by atoms with Gasteiger partial charge in [-0.25, -0.2) is 14.8 Å². The van der Waals surface area contributed by atoms with Gasteiger partial charge in [-0.15, -0.1) is 0 Å². The van der Waals surface area contributed by atoms with Crippen LogP contribution < -0.4 is 9.64 Å². The van der Waals surface area contributed by atoms with Crippen molar-refractivity contribution in [3.05, 3.63) is 47.3 Å². The van der Waals surface area contributed by atoms with Crippen LogP contribution in [0.3, 0.4) is 0 Å². The van der Waals surface area contributed by atoms with Crippen molar-refractivity contribution in [3.8, 4) is 5.75 Å². The van der Waals surface area contributed by atoms with E-state index in [1.807, 2.05) is 49.1 Å². The first-order chi connectivity index (χ1) is 13.0. The summed E-state index contributed by atoms with van der Waals surface area (Å²) in [7, 11) is 1.65. The predicted molar refractivity (Wildman–Crippen MR) is 101 cm³/mol. The number of carbonyl (C=O) groups is 1. The number of amides is 1. The maximum atomic E-state index is 12.3. The Morgan fingerprint density at radius 2 is 1.85 bits per heavy atom. The highest BCUT2D eigenvalue weighted by molar-refractivity contribution is 5.71. The van der Waals surface area contributed by atoms with Crippen molar-refractivity contribution in [3.63, 3.8) is 0 Å². The molecule has 0 saturated carbocycles. The molecule has 2 aliphatic heterocycles. The molecule has 3 heterocycles. The Labute approximate surface area is 158 Å². The SMILES string of the molecule is COc1ccc(CCN2C(=O)O[C@@H]3CN(c4nc(C)cc(C)n4)C[C@@H]32)cc1. The van der Waals surface area contributed by atoms with Crippen LogP contribution in [0.5, 0.6) is 5.75 Å². The smallest absolute Gasteiger partial charge is 0.410 e. The minimum Gasteiger partial charge on any atom is -0.497 e. The quantitative estimate of drug-likeness (QED) is 0.807. The van der Waals surface area contributed by atoms with Gasteiger partial charge in [-0.05, 0) is 44.0 Å². The van der Waals surface area contributed by atoms with Crippen LogP contribution in [0.25, 0.3) is 0 Å². The van der Waals surface area contributed by atoms with Crippen molar-refractivity contribution in [1.82, 2.24) is 14.9 Å². The molecular weight excluding hydrogens is 344 g/mol.